The fourth-order valence-corrected chi connectivity index (χ4v) is 2.02. The lowest BCUT2D eigenvalue weighted by atomic mass is 10.1. The number of rotatable bonds is 3. The number of aromatic amines is 1. The number of carbonyl (C=O) groups is 2. The third kappa shape index (κ3) is 3.22. The Morgan fingerprint density at radius 2 is 1.76 bits per heavy atom. The zero-order chi connectivity index (χ0) is 15.6. The first-order valence-corrected chi connectivity index (χ1v) is 6.45. The highest BCUT2D eigenvalue weighted by molar-refractivity contribution is 6.04. The summed E-state index contributed by atoms with van der Waals surface area (Å²) < 4.78 is 0. The van der Waals surface area contributed by atoms with Gasteiger partial charge in [-0.2, -0.15) is 0 Å². The fourth-order valence-electron chi connectivity index (χ4n) is 2.02. The Bertz CT molecular complexity index is 704. The summed E-state index contributed by atoms with van der Waals surface area (Å²) in [6.07, 6.45) is 0. The van der Waals surface area contributed by atoms with Crippen molar-refractivity contribution in [3.8, 4) is 0 Å². The van der Waals surface area contributed by atoms with Gasteiger partial charge in [-0.15, -0.1) is 0 Å². The molecule has 6 nitrogen and oxygen atoms in total. The van der Waals surface area contributed by atoms with Gasteiger partial charge in [-0.1, -0.05) is 12.1 Å². The van der Waals surface area contributed by atoms with Crippen LogP contribution in [0.5, 0.6) is 0 Å². The van der Waals surface area contributed by atoms with Crippen LogP contribution in [0.15, 0.2) is 24.3 Å². The van der Waals surface area contributed by atoms with Crippen LogP contribution >= 0.6 is 0 Å². The number of hydrogen-bond acceptors (Lipinski definition) is 2. The number of aromatic carboxylic acids is 1. The van der Waals surface area contributed by atoms with E-state index in [4.69, 9.17) is 5.11 Å². The molecule has 1 aromatic carbocycles. The number of benzene rings is 1. The van der Waals surface area contributed by atoms with Crippen molar-refractivity contribution in [2.24, 2.45) is 0 Å². The van der Waals surface area contributed by atoms with Crippen molar-refractivity contribution in [2.75, 3.05) is 10.6 Å². The van der Waals surface area contributed by atoms with Crippen LogP contribution in [0.3, 0.4) is 0 Å². The number of nitrogens with one attached hydrogen (secondary N) is 3. The van der Waals surface area contributed by atoms with E-state index in [1.807, 2.05) is 26.0 Å². The molecule has 21 heavy (non-hydrogen) atoms. The summed E-state index contributed by atoms with van der Waals surface area (Å²) in [6.45, 7) is 5.59. The van der Waals surface area contributed by atoms with Crippen LogP contribution in [0.25, 0.3) is 0 Å². The minimum Gasteiger partial charge on any atom is -0.477 e. The molecule has 0 spiro atoms. The average molecular weight is 287 g/mol. The van der Waals surface area contributed by atoms with E-state index in [0.29, 0.717) is 11.4 Å². The predicted molar refractivity (Wildman–Crippen MR) is 81.0 cm³/mol. The molecule has 2 aromatic rings. The Kier molecular flexibility index (Phi) is 3.98. The van der Waals surface area contributed by atoms with Gasteiger partial charge in [0.2, 0.25) is 0 Å². The van der Waals surface area contributed by atoms with Gasteiger partial charge in [0.1, 0.15) is 5.69 Å². The highest BCUT2D eigenvalue weighted by Gasteiger charge is 2.15. The summed E-state index contributed by atoms with van der Waals surface area (Å²) in [6, 6.07) is 6.69. The number of H-pyrrole nitrogens is 1. The van der Waals surface area contributed by atoms with Crippen molar-refractivity contribution in [3.05, 3.63) is 46.8 Å². The summed E-state index contributed by atoms with van der Waals surface area (Å²) in [5.74, 6) is -1.12. The number of carboxylic acids is 1. The molecule has 0 aliphatic carbocycles. The molecular weight excluding hydrogens is 270 g/mol. The van der Waals surface area contributed by atoms with Crippen LogP contribution in [0.1, 0.15) is 27.3 Å². The first-order valence-electron chi connectivity index (χ1n) is 6.45. The van der Waals surface area contributed by atoms with E-state index in [1.54, 1.807) is 19.1 Å². The first kappa shape index (κ1) is 14.6. The van der Waals surface area contributed by atoms with Gasteiger partial charge >= 0.3 is 12.0 Å². The predicted octanol–water partition coefficient (Wildman–Crippen LogP) is 3.28. The molecule has 0 fully saturated rings. The maximum absolute atomic E-state index is 12.0. The topological polar surface area (TPSA) is 94.2 Å². The van der Waals surface area contributed by atoms with E-state index in [9.17, 15) is 9.59 Å². The van der Waals surface area contributed by atoms with Crippen molar-refractivity contribution < 1.29 is 14.7 Å². The van der Waals surface area contributed by atoms with Crippen molar-refractivity contribution in [1.29, 1.82) is 0 Å². The number of urea groups is 1. The highest BCUT2D eigenvalue weighted by Crippen LogP contribution is 2.20. The molecule has 1 aromatic heterocycles. The molecule has 2 amide bonds. The molecule has 0 saturated carbocycles. The average Bonchev–Trinajstić information content (AvgIpc) is 2.76. The van der Waals surface area contributed by atoms with Crippen molar-refractivity contribution >= 4 is 23.4 Å². The molecule has 0 radical (unpaired) electrons. The zero-order valence-electron chi connectivity index (χ0n) is 12.1. The number of hydrogen-bond donors (Lipinski definition) is 4. The summed E-state index contributed by atoms with van der Waals surface area (Å²) >= 11 is 0. The van der Waals surface area contributed by atoms with Crippen LogP contribution in [0.4, 0.5) is 16.2 Å². The second-order valence-corrected chi connectivity index (χ2v) is 4.87. The third-order valence-electron chi connectivity index (χ3n) is 3.27. The number of anilines is 2. The SMILES string of the molecule is Cc1cc(NC(=O)Nc2cccc(C)c2C)c(C(=O)O)[nH]1. The maximum atomic E-state index is 12.0. The Morgan fingerprint density at radius 1 is 1.10 bits per heavy atom. The number of carbonyl (C=O) groups excluding carboxylic acids is 1. The molecule has 0 atom stereocenters. The van der Waals surface area contributed by atoms with E-state index in [1.165, 1.54) is 0 Å². The summed E-state index contributed by atoms with van der Waals surface area (Å²) in [4.78, 5) is 25.8. The molecule has 2 rings (SSSR count). The maximum Gasteiger partial charge on any atom is 0.354 e. The van der Waals surface area contributed by atoms with Gasteiger partial charge in [-0.25, -0.2) is 9.59 Å². The van der Waals surface area contributed by atoms with E-state index in [0.717, 1.165) is 11.1 Å². The monoisotopic (exact) mass is 287 g/mol. The number of aromatic nitrogens is 1. The number of amides is 2. The van der Waals surface area contributed by atoms with Crippen molar-refractivity contribution in [2.45, 2.75) is 20.8 Å². The molecule has 0 aliphatic rings. The van der Waals surface area contributed by atoms with Crippen LogP contribution in [-0.2, 0) is 0 Å². The molecule has 4 N–H and O–H groups in total. The Hall–Kier alpha value is -2.76. The normalized spacial score (nSPS) is 10.2. The van der Waals surface area contributed by atoms with Crippen molar-refractivity contribution in [3.63, 3.8) is 0 Å². The van der Waals surface area contributed by atoms with Gasteiger partial charge in [-0.3, -0.25) is 0 Å². The third-order valence-corrected chi connectivity index (χ3v) is 3.27. The zero-order valence-corrected chi connectivity index (χ0v) is 12.1. The van der Waals surface area contributed by atoms with Crippen LogP contribution < -0.4 is 10.6 Å². The van der Waals surface area contributed by atoms with Gasteiger partial charge in [-0.05, 0) is 44.0 Å². The van der Waals surface area contributed by atoms with E-state index in [-0.39, 0.29) is 11.4 Å². The van der Waals surface area contributed by atoms with Gasteiger partial charge in [0.25, 0.3) is 0 Å². The summed E-state index contributed by atoms with van der Waals surface area (Å²) in [7, 11) is 0. The molecule has 1 heterocycles. The lowest BCUT2D eigenvalue weighted by molar-refractivity contribution is 0.0692. The van der Waals surface area contributed by atoms with Gasteiger partial charge in [0, 0.05) is 11.4 Å². The lowest BCUT2D eigenvalue weighted by Crippen LogP contribution is -2.21. The van der Waals surface area contributed by atoms with Gasteiger partial charge in [0.15, 0.2) is 0 Å². The minimum atomic E-state index is -1.12. The Labute approximate surface area is 122 Å². The second kappa shape index (κ2) is 5.70. The van der Waals surface area contributed by atoms with E-state index < -0.39 is 12.0 Å². The summed E-state index contributed by atoms with van der Waals surface area (Å²) in [5.41, 5.74) is 3.59. The van der Waals surface area contributed by atoms with Gasteiger partial charge < -0.3 is 20.7 Å². The molecule has 6 heteroatoms. The molecule has 0 aliphatic heterocycles. The van der Waals surface area contributed by atoms with E-state index in [2.05, 4.69) is 15.6 Å². The largest absolute Gasteiger partial charge is 0.477 e. The molecule has 110 valence electrons. The smallest absolute Gasteiger partial charge is 0.354 e. The summed E-state index contributed by atoms with van der Waals surface area (Å²) in [5, 5.41) is 14.3. The fraction of sp³-hybridized carbons (Fsp3) is 0.200. The van der Waals surface area contributed by atoms with Crippen LogP contribution in [-0.4, -0.2) is 22.1 Å². The molecule has 0 saturated heterocycles. The lowest BCUT2D eigenvalue weighted by Gasteiger charge is -2.11. The van der Waals surface area contributed by atoms with E-state index >= 15 is 0 Å². The number of aryl methyl sites for hydroxylation is 2. The molecule has 0 bridgehead atoms. The number of carboxylic acid groups (broad SMARTS) is 1. The van der Waals surface area contributed by atoms with Crippen molar-refractivity contribution in [1.82, 2.24) is 4.98 Å². The second-order valence-electron chi connectivity index (χ2n) is 4.87. The Morgan fingerprint density at radius 3 is 2.43 bits per heavy atom. The highest BCUT2D eigenvalue weighted by atomic mass is 16.4. The van der Waals surface area contributed by atoms with Gasteiger partial charge in [0.05, 0.1) is 5.69 Å². The first-order chi connectivity index (χ1) is 9.88. The molecule has 0 unspecified atom stereocenters. The quantitative estimate of drug-likeness (QED) is 0.697. The minimum absolute atomic E-state index is 0.0383. The van der Waals surface area contributed by atoms with Crippen LogP contribution in [0, 0.1) is 20.8 Å². The van der Waals surface area contributed by atoms with Crippen LogP contribution in [0.2, 0.25) is 0 Å². The molecular formula is C15H17N3O3. The Balaban J connectivity index is 2.16. The standard InChI is InChI=1S/C15H17N3O3/c1-8-5-4-6-11(10(8)3)17-15(21)18-12-7-9(2)16-13(12)14(19)20/h4-7,16H,1-3H3,(H,19,20)(H2,17,18,21).